The third-order valence-electron chi connectivity index (χ3n) is 6.03. The molecule has 29 heavy (non-hydrogen) atoms. The molecule has 2 heterocycles. The van der Waals surface area contributed by atoms with Crippen molar-refractivity contribution >= 4 is 0 Å². The molecular weight excluding hydrogens is 360 g/mol. The van der Waals surface area contributed by atoms with Gasteiger partial charge in [-0.2, -0.15) is 0 Å². The number of likely N-dealkylation sites (tertiary alicyclic amines) is 1. The van der Waals surface area contributed by atoms with Crippen molar-refractivity contribution in [3.05, 3.63) is 77.2 Å². The lowest BCUT2D eigenvalue weighted by Crippen LogP contribution is -2.38. The van der Waals surface area contributed by atoms with Crippen molar-refractivity contribution in [1.82, 2.24) is 9.88 Å². The zero-order valence-electron chi connectivity index (χ0n) is 17.3. The summed E-state index contributed by atoms with van der Waals surface area (Å²) in [6, 6.07) is 18.6. The molecule has 4 rings (SSSR count). The van der Waals surface area contributed by atoms with Crippen LogP contribution in [0.1, 0.15) is 35.4 Å². The summed E-state index contributed by atoms with van der Waals surface area (Å²) in [5.74, 6) is 1.96. The molecule has 1 aliphatic heterocycles. The highest BCUT2D eigenvalue weighted by Crippen LogP contribution is 2.26. The summed E-state index contributed by atoms with van der Waals surface area (Å²) in [4.78, 5) is 7.18. The van der Waals surface area contributed by atoms with Gasteiger partial charge in [0.05, 0.1) is 11.8 Å². The summed E-state index contributed by atoms with van der Waals surface area (Å²) < 4.78 is 5.93. The van der Waals surface area contributed by atoms with Crippen LogP contribution in [0.3, 0.4) is 0 Å². The zero-order chi connectivity index (χ0) is 20.2. The van der Waals surface area contributed by atoms with Crippen molar-refractivity contribution in [3.8, 4) is 11.5 Å². The molecule has 1 atom stereocenters. The Labute approximate surface area is 173 Å². The van der Waals surface area contributed by atoms with Gasteiger partial charge in [-0.05, 0) is 69.8 Å². The van der Waals surface area contributed by atoms with E-state index >= 15 is 0 Å². The van der Waals surface area contributed by atoms with Gasteiger partial charge in [0.15, 0.2) is 0 Å². The van der Waals surface area contributed by atoms with Crippen LogP contribution < -0.4 is 0 Å². The highest BCUT2D eigenvalue weighted by atomic mass is 16.4. The SMILES string of the molecule is Cc1ccc(-c2nc(CN3CCC([C@H](O)Cc4ccccc4)CC3)c(C)o2)cc1. The highest BCUT2D eigenvalue weighted by molar-refractivity contribution is 5.54. The minimum absolute atomic E-state index is 0.263. The number of hydrogen-bond acceptors (Lipinski definition) is 4. The Morgan fingerprint density at radius 1 is 1.03 bits per heavy atom. The van der Waals surface area contributed by atoms with Gasteiger partial charge >= 0.3 is 0 Å². The molecule has 0 radical (unpaired) electrons. The van der Waals surface area contributed by atoms with Gasteiger partial charge in [-0.1, -0.05) is 48.0 Å². The van der Waals surface area contributed by atoms with E-state index in [1.807, 2.05) is 25.1 Å². The van der Waals surface area contributed by atoms with Gasteiger partial charge in [-0.3, -0.25) is 4.90 Å². The van der Waals surface area contributed by atoms with E-state index in [1.54, 1.807) is 0 Å². The molecule has 0 aliphatic carbocycles. The van der Waals surface area contributed by atoms with E-state index in [0.29, 0.717) is 11.8 Å². The Hall–Kier alpha value is -2.43. The number of aryl methyl sites for hydroxylation is 2. The van der Waals surface area contributed by atoms with Crippen LogP contribution in [0.2, 0.25) is 0 Å². The summed E-state index contributed by atoms with van der Waals surface area (Å²) >= 11 is 0. The first-order valence-corrected chi connectivity index (χ1v) is 10.6. The van der Waals surface area contributed by atoms with Gasteiger partial charge in [0, 0.05) is 12.1 Å². The zero-order valence-corrected chi connectivity index (χ0v) is 17.3. The highest BCUT2D eigenvalue weighted by Gasteiger charge is 2.26. The molecular formula is C25H30N2O2. The van der Waals surface area contributed by atoms with E-state index in [-0.39, 0.29) is 6.10 Å². The number of aromatic nitrogens is 1. The Morgan fingerprint density at radius 2 is 1.72 bits per heavy atom. The number of benzene rings is 2. The molecule has 4 nitrogen and oxygen atoms in total. The van der Waals surface area contributed by atoms with Crippen molar-refractivity contribution in [2.45, 2.75) is 45.8 Å². The normalized spacial score (nSPS) is 16.8. The molecule has 0 saturated carbocycles. The predicted octanol–water partition coefficient (Wildman–Crippen LogP) is 4.77. The van der Waals surface area contributed by atoms with Crippen LogP contribution in [-0.4, -0.2) is 34.2 Å². The third kappa shape index (κ3) is 4.95. The van der Waals surface area contributed by atoms with E-state index in [4.69, 9.17) is 9.40 Å². The molecule has 0 bridgehead atoms. The van der Waals surface area contributed by atoms with Gasteiger partial charge < -0.3 is 9.52 Å². The smallest absolute Gasteiger partial charge is 0.226 e. The van der Waals surface area contributed by atoms with E-state index in [9.17, 15) is 5.11 Å². The van der Waals surface area contributed by atoms with Crippen LogP contribution in [0.15, 0.2) is 59.0 Å². The van der Waals surface area contributed by atoms with Gasteiger partial charge in [0.2, 0.25) is 5.89 Å². The number of aliphatic hydroxyl groups excluding tert-OH is 1. The quantitative estimate of drug-likeness (QED) is 0.658. The topological polar surface area (TPSA) is 49.5 Å². The summed E-state index contributed by atoms with van der Waals surface area (Å²) in [5.41, 5.74) is 4.48. The Balaban J connectivity index is 1.32. The summed E-state index contributed by atoms with van der Waals surface area (Å²) in [6.07, 6.45) is 2.53. The van der Waals surface area contributed by atoms with Crippen molar-refractivity contribution in [3.63, 3.8) is 0 Å². The van der Waals surface area contributed by atoms with Gasteiger partial charge in [0.1, 0.15) is 5.76 Å². The molecule has 1 N–H and O–H groups in total. The number of piperidine rings is 1. The van der Waals surface area contributed by atoms with Crippen molar-refractivity contribution < 1.29 is 9.52 Å². The first kappa shape index (κ1) is 19.9. The molecule has 0 unspecified atom stereocenters. The van der Waals surface area contributed by atoms with E-state index in [2.05, 4.69) is 48.2 Å². The van der Waals surface area contributed by atoms with Crippen molar-refractivity contribution in [2.75, 3.05) is 13.1 Å². The standard InChI is InChI=1S/C25H30N2O2/c1-18-8-10-22(11-9-18)25-26-23(19(2)29-25)17-27-14-12-21(13-15-27)24(28)16-20-6-4-3-5-7-20/h3-11,21,24,28H,12-17H2,1-2H3/t24-/m1/s1. The lowest BCUT2D eigenvalue weighted by molar-refractivity contribution is 0.0572. The minimum atomic E-state index is -0.263. The molecule has 4 heteroatoms. The summed E-state index contributed by atoms with van der Waals surface area (Å²) in [5, 5.41) is 10.7. The number of oxazole rings is 1. The molecule has 0 amide bonds. The fourth-order valence-electron chi connectivity index (χ4n) is 4.12. The van der Waals surface area contributed by atoms with E-state index in [1.165, 1.54) is 11.1 Å². The van der Waals surface area contributed by atoms with Crippen LogP contribution in [0, 0.1) is 19.8 Å². The molecule has 1 saturated heterocycles. The van der Waals surface area contributed by atoms with Crippen LogP contribution in [0.5, 0.6) is 0 Å². The van der Waals surface area contributed by atoms with Crippen LogP contribution in [0.4, 0.5) is 0 Å². The third-order valence-corrected chi connectivity index (χ3v) is 6.03. The Morgan fingerprint density at radius 3 is 2.41 bits per heavy atom. The number of nitrogens with zero attached hydrogens (tertiary/aromatic N) is 2. The first-order chi connectivity index (χ1) is 14.1. The maximum absolute atomic E-state index is 10.7. The molecule has 0 spiro atoms. The molecule has 1 fully saturated rings. The average Bonchev–Trinajstić information content (AvgIpc) is 3.10. The van der Waals surface area contributed by atoms with Gasteiger partial charge in [-0.15, -0.1) is 0 Å². The van der Waals surface area contributed by atoms with Crippen molar-refractivity contribution in [1.29, 1.82) is 0 Å². The Bertz CT molecular complexity index is 910. The van der Waals surface area contributed by atoms with Crippen molar-refractivity contribution in [2.24, 2.45) is 5.92 Å². The predicted molar refractivity (Wildman–Crippen MR) is 116 cm³/mol. The second-order valence-electron chi connectivity index (χ2n) is 8.26. The maximum atomic E-state index is 10.7. The molecule has 1 aromatic heterocycles. The van der Waals surface area contributed by atoms with Crippen LogP contribution in [-0.2, 0) is 13.0 Å². The average molecular weight is 391 g/mol. The van der Waals surface area contributed by atoms with E-state index in [0.717, 1.165) is 55.9 Å². The second-order valence-corrected chi connectivity index (χ2v) is 8.26. The fourth-order valence-corrected chi connectivity index (χ4v) is 4.12. The number of rotatable bonds is 6. The second kappa shape index (κ2) is 8.93. The maximum Gasteiger partial charge on any atom is 0.226 e. The Kier molecular flexibility index (Phi) is 6.12. The van der Waals surface area contributed by atoms with Crippen LogP contribution >= 0.6 is 0 Å². The molecule has 2 aromatic carbocycles. The fraction of sp³-hybridized carbons (Fsp3) is 0.400. The molecule has 152 valence electrons. The van der Waals surface area contributed by atoms with Crippen LogP contribution in [0.25, 0.3) is 11.5 Å². The number of hydrogen-bond donors (Lipinski definition) is 1. The molecule has 3 aromatic rings. The minimum Gasteiger partial charge on any atom is -0.441 e. The monoisotopic (exact) mass is 390 g/mol. The van der Waals surface area contributed by atoms with Gasteiger partial charge in [0.25, 0.3) is 0 Å². The van der Waals surface area contributed by atoms with E-state index < -0.39 is 0 Å². The first-order valence-electron chi connectivity index (χ1n) is 10.6. The lowest BCUT2D eigenvalue weighted by atomic mass is 9.88. The largest absolute Gasteiger partial charge is 0.441 e. The van der Waals surface area contributed by atoms with Gasteiger partial charge in [-0.25, -0.2) is 4.98 Å². The number of aliphatic hydroxyl groups is 1. The lowest BCUT2D eigenvalue weighted by Gasteiger charge is -2.34. The summed E-state index contributed by atoms with van der Waals surface area (Å²) in [6.45, 7) is 6.86. The molecule has 1 aliphatic rings. The summed E-state index contributed by atoms with van der Waals surface area (Å²) in [7, 11) is 0.